The highest BCUT2D eigenvalue weighted by Gasteiger charge is 2.25. The molecule has 2 aliphatic heterocycles. The molecule has 20 heavy (non-hydrogen) atoms. The zero-order chi connectivity index (χ0) is 13.9. The summed E-state index contributed by atoms with van der Waals surface area (Å²) in [5.74, 6) is -0.267. The Balaban J connectivity index is 2.01. The average molecular weight is 275 g/mol. The van der Waals surface area contributed by atoms with E-state index in [-0.39, 0.29) is 5.97 Å². The highest BCUT2D eigenvalue weighted by molar-refractivity contribution is 5.97. The number of rotatable bonds is 2. The fourth-order valence-electron chi connectivity index (χ4n) is 3.09. The zero-order valence-electron chi connectivity index (χ0n) is 11.8. The number of esters is 1. The van der Waals surface area contributed by atoms with Crippen molar-refractivity contribution in [2.75, 3.05) is 38.6 Å². The molecule has 0 aromatic heterocycles. The molecule has 1 unspecified atom stereocenters. The van der Waals surface area contributed by atoms with Crippen LogP contribution < -0.4 is 16.0 Å². The Kier molecular flexibility index (Phi) is 3.89. The van der Waals surface area contributed by atoms with Gasteiger partial charge in [0, 0.05) is 32.2 Å². The minimum absolute atomic E-state index is 0.267. The summed E-state index contributed by atoms with van der Waals surface area (Å²) in [4.78, 5) is 11.9. The van der Waals surface area contributed by atoms with Crippen LogP contribution in [0, 0.1) is 0 Å². The smallest absolute Gasteiger partial charge is 0.339 e. The quantitative estimate of drug-likeness (QED) is 0.705. The number of carbonyl (C=O) groups excluding carboxylic acids is 1. The maximum absolute atomic E-state index is 11.9. The number of piperazine rings is 1. The molecule has 0 bridgehead atoms. The predicted molar refractivity (Wildman–Crippen MR) is 78.2 cm³/mol. The largest absolute Gasteiger partial charge is 0.465 e. The van der Waals surface area contributed by atoms with Crippen molar-refractivity contribution in [2.45, 2.75) is 18.9 Å². The zero-order valence-corrected chi connectivity index (χ0v) is 11.8. The van der Waals surface area contributed by atoms with Crippen LogP contribution in [0.4, 0.5) is 5.69 Å². The topological polar surface area (TPSA) is 62.4 Å². The molecule has 3 N–H and O–H groups in total. The monoisotopic (exact) mass is 275 g/mol. The summed E-state index contributed by atoms with van der Waals surface area (Å²) in [6.07, 6.45) is 2.12. The number of ether oxygens (including phenoxy) is 1. The van der Waals surface area contributed by atoms with E-state index in [4.69, 9.17) is 4.74 Å². The number of hydrogen-bond donors (Lipinski definition) is 3. The molecule has 0 radical (unpaired) electrons. The van der Waals surface area contributed by atoms with Crippen molar-refractivity contribution < 1.29 is 9.53 Å². The van der Waals surface area contributed by atoms with Gasteiger partial charge in [0.25, 0.3) is 0 Å². The van der Waals surface area contributed by atoms with Crippen molar-refractivity contribution in [3.8, 4) is 0 Å². The number of fused-ring (bicyclic) bond motifs is 1. The van der Waals surface area contributed by atoms with Crippen LogP contribution in [-0.4, -0.2) is 39.3 Å². The SMILES string of the molecule is COC(=O)c1ccc(C2CNCCN2)c2c1NCCC2. The van der Waals surface area contributed by atoms with Crippen LogP contribution in [-0.2, 0) is 11.2 Å². The highest BCUT2D eigenvalue weighted by Crippen LogP contribution is 2.33. The molecule has 1 atom stereocenters. The lowest BCUT2D eigenvalue weighted by Gasteiger charge is -2.30. The Morgan fingerprint density at radius 3 is 2.95 bits per heavy atom. The molecule has 0 saturated carbocycles. The Hall–Kier alpha value is -1.59. The first-order valence-corrected chi connectivity index (χ1v) is 7.23. The molecule has 0 spiro atoms. The standard InChI is InChI=1S/C15H21N3O2/c1-20-15(19)12-5-4-10(13-9-16-7-8-17-13)11-3-2-6-18-14(11)12/h4-5,13,16-18H,2-3,6-9H2,1H3. The lowest BCUT2D eigenvalue weighted by Crippen LogP contribution is -2.43. The Morgan fingerprint density at radius 2 is 2.20 bits per heavy atom. The minimum atomic E-state index is -0.267. The summed E-state index contributed by atoms with van der Waals surface area (Å²) < 4.78 is 4.88. The van der Waals surface area contributed by atoms with Gasteiger partial charge in [-0.15, -0.1) is 0 Å². The van der Waals surface area contributed by atoms with Crippen molar-refractivity contribution in [1.29, 1.82) is 0 Å². The summed E-state index contributed by atoms with van der Waals surface area (Å²) in [6.45, 7) is 3.84. The summed E-state index contributed by atoms with van der Waals surface area (Å²) in [7, 11) is 1.43. The third-order valence-electron chi connectivity index (χ3n) is 4.08. The van der Waals surface area contributed by atoms with E-state index < -0.39 is 0 Å². The van der Waals surface area contributed by atoms with Gasteiger partial charge in [0.1, 0.15) is 0 Å². The van der Waals surface area contributed by atoms with Crippen molar-refractivity contribution in [1.82, 2.24) is 10.6 Å². The fourth-order valence-corrected chi connectivity index (χ4v) is 3.09. The van der Waals surface area contributed by atoms with Crippen molar-refractivity contribution >= 4 is 11.7 Å². The van der Waals surface area contributed by atoms with Crippen LogP contribution in [0.3, 0.4) is 0 Å². The van der Waals surface area contributed by atoms with Gasteiger partial charge in [-0.05, 0) is 30.0 Å². The predicted octanol–water partition coefficient (Wildman–Crippen LogP) is 1.07. The van der Waals surface area contributed by atoms with E-state index >= 15 is 0 Å². The Morgan fingerprint density at radius 1 is 1.30 bits per heavy atom. The molecule has 108 valence electrons. The van der Waals surface area contributed by atoms with Crippen LogP contribution in [0.25, 0.3) is 0 Å². The van der Waals surface area contributed by atoms with Gasteiger partial charge in [-0.1, -0.05) is 6.07 Å². The van der Waals surface area contributed by atoms with Gasteiger partial charge >= 0.3 is 5.97 Å². The molecule has 1 saturated heterocycles. The maximum Gasteiger partial charge on any atom is 0.339 e. The molecule has 1 aromatic rings. The van der Waals surface area contributed by atoms with Gasteiger partial charge in [-0.3, -0.25) is 0 Å². The van der Waals surface area contributed by atoms with E-state index in [9.17, 15) is 4.79 Å². The van der Waals surface area contributed by atoms with Gasteiger partial charge in [0.15, 0.2) is 0 Å². The van der Waals surface area contributed by atoms with Crippen LogP contribution in [0.5, 0.6) is 0 Å². The lowest BCUT2D eigenvalue weighted by atomic mass is 9.90. The maximum atomic E-state index is 11.9. The van der Waals surface area contributed by atoms with Crippen LogP contribution in [0.2, 0.25) is 0 Å². The summed E-state index contributed by atoms with van der Waals surface area (Å²) >= 11 is 0. The minimum Gasteiger partial charge on any atom is -0.465 e. The first kappa shape index (κ1) is 13.4. The second kappa shape index (κ2) is 5.81. The molecular weight excluding hydrogens is 254 g/mol. The molecule has 5 heteroatoms. The molecule has 3 rings (SSSR count). The molecule has 1 fully saturated rings. The van der Waals surface area contributed by atoms with Crippen LogP contribution in [0.1, 0.15) is 33.9 Å². The number of hydrogen-bond acceptors (Lipinski definition) is 5. The fraction of sp³-hybridized carbons (Fsp3) is 0.533. The number of carbonyl (C=O) groups is 1. The van der Waals surface area contributed by atoms with Gasteiger partial charge in [-0.2, -0.15) is 0 Å². The molecule has 2 aliphatic rings. The molecule has 1 aromatic carbocycles. The van der Waals surface area contributed by atoms with Crippen LogP contribution in [0.15, 0.2) is 12.1 Å². The van der Waals surface area contributed by atoms with Crippen LogP contribution >= 0.6 is 0 Å². The second-order valence-corrected chi connectivity index (χ2v) is 5.29. The number of benzene rings is 1. The van der Waals surface area contributed by atoms with Gasteiger partial charge in [0.2, 0.25) is 0 Å². The van der Waals surface area contributed by atoms with Gasteiger partial charge in [0.05, 0.1) is 18.4 Å². The Bertz CT molecular complexity index is 510. The third-order valence-corrected chi connectivity index (χ3v) is 4.08. The molecule has 2 heterocycles. The molecule has 0 aliphatic carbocycles. The first-order valence-electron chi connectivity index (χ1n) is 7.23. The first-order chi connectivity index (χ1) is 9.81. The summed E-state index contributed by atoms with van der Waals surface area (Å²) in [5.41, 5.74) is 4.18. The van der Waals surface area contributed by atoms with E-state index in [1.807, 2.05) is 6.07 Å². The molecular formula is C15H21N3O2. The second-order valence-electron chi connectivity index (χ2n) is 5.29. The van der Waals surface area contributed by atoms with Crippen molar-refractivity contribution in [3.05, 3.63) is 28.8 Å². The molecule has 0 amide bonds. The van der Waals surface area contributed by atoms with Crippen molar-refractivity contribution in [3.63, 3.8) is 0 Å². The highest BCUT2D eigenvalue weighted by atomic mass is 16.5. The van der Waals surface area contributed by atoms with Gasteiger partial charge in [-0.25, -0.2) is 4.79 Å². The van der Waals surface area contributed by atoms with E-state index in [0.717, 1.165) is 44.7 Å². The van der Waals surface area contributed by atoms with Crippen molar-refractivity contribution in [2.24, 2.45) is 0 Å². The van der Waals surface area contributed by atoms with Gasteiger partial charge < -0.3 is 20.7 Å². The summed E-state index contributed by atoms with van der Waals surface area (Å²) in [6, 6.07) is 4.28. The van der Waals surface area contributed by atoms with E-state index in [1.165, 1.54) is 18.2 Å². The number of anilines is 1. The molecule has 5 nitrogen and oxygen atoms in total. The third kappa shape index (κ3) is 2.39. The van der Waals surface area contributed by atoms with E-state index in [1.54, 1.807) is 0 Å². The average Bonchev–Trinajstić information content (AvgIpc) is 2.54. The number of nitrogens with one attached hydrogen (secondary N) is 3. The lowest BCUT2D eigenvalue weighted by molar-refractivity contribution is 0.0601. The van der Waals surface area contributed by atoms with E-state index in [2.05, 4.69) is 22.0 Å². The summed E-state index contributed by atoms with van der Waals surface area (Å²) in [5, 5.41) is 10.3. The van der Waals surface area contributed by atoms with E-state index in [0.29, 0.717) is 11.6 Å². The number of methoxy groups -OCH3 is 1. The normalized spacial score (nSPS) is 21.8. The Labute approximate surface area is 119 Å².